The van der Waals surface area contributed by atoms with Gasteiger partial charge in [-0.2, -0.15) is 0 Å². The van der Waals surface area contributed by atoms with Crippen molar-refractivity contribution < 1.29 is 4.79 Å². The number of anilines is 1. The van der Waals surface area contributed by atoms with Gasteiger partial charge in [-0.25, -0.2) is 0 Å². The molecule has 0 spiro atoms. The smallest absolute Gasteiger partial charge is 0.257 e. The van der Waals surface area contributed by atoms with E-state index in [1.165, 1.54) is 0 Å². The number of amides is 1. The van der Waals surface area contributed by atoms with Gasteiger partial charge in [0, 0.05) is 5.56 Å². The van der Waals surface area contributed by atoms with Gasteiger partial charge in [0.1, 0.15) is 4.99 Å². The molecule has 5 heteroatoms. The standard InChI is InChI=1S/C15H13ClN2OS/c1-9-5-4-8-12(13(9)14(17)20)18-15(19)10-6-2-3-7-11(10)16/h2-8H,1H3,(H2,17,20)(H,18,19). The van der Waals surface area contributed by atoms with Gasteiger partial charge in [-0.3, -0.25) is 4.79 Å². The summed E-state index contributed by atoms with van der Waals surface area (Å²) >= 11 is 11.0. The Bertz CT molecular complexity index is 685. The highest BCUT2D eigenvalue weighted by Crippen LogP contribution is 2.22. The van der Waals surface area contributed by atoms with Gasteiger partial charge < -0.3 is 11.1 Å². The van der Waals surface area contributed by atoms with Crippen LogP contribution in [0.2, 0.25) is 5.02 Å². The zero-order valence-corrected chi connectivity index (χ0v) is 12.4. The molecule has 2 aromatic carbocycles. The third-order valence-electron chi connectivity index (χ3n) is 2.89. The maximum atomic E-state index is 12.2. The number of benzene rings is 2. The molecule has 102 valence electrons. The fourth-order valence-electron chi connectivity index (χ4n) is 1.93. The summed E-state index contributed by atoms with van der Waals surface area (Å²) in [5.41, 5.74) is 8.29. The predicted molar refractivity (Wildman–Crippen MR) is 86.5 cm³/mol. The minimum atomic E-state index is -0.293. The lowest BCUT2D eigenvalue weighted by molar-refractivity contribution is 0.102. The largest absolute Gasteiger partial charge is 0.389 e. The highest BCUT2D eigenvalue weighted by Gasteiger charge is 2.14. The number of carbonyl (C=O) groups excluding carboxylic acids is 1. The van der Waals surface area contributed by atoms with Crippen LogP contribution in [0.4, 0.5) is 5.69 Å². The Hall–Kier alpha value is -1.91. The van der Waals surface area contributed by atoms with E-state index in [1.807, 2.05) is 19.1 Å². The van der Waals surface area contributed by atoms with Crippen LogP contribution in [0.5, 0.6) is 0 Å². The second kappa shape index (κ2) is 6.03. The molecule has 0 aliphatic rings. The van der Waals surface area contributed by atoms with Crippen molar-refractivity contribution in [3.05, 3.63) is 64.2 Å². The van der Waals surface area contributed by atoms with Gasteiger partial charge in [0.15, 0.2) is 0 Å². The first-order valence-corrected chi connectivity index (χ1v) is 6.74. The van der Waals surface area contributed by atoms with Crippen molar-refractivity contribution in [3.8, 4) is 0 Å². The van der Waals surface area contributed by atoms with Crippen molar-refractivity contribution in [2.24, 2.45) is 5.73 Å². The molecule has 0 heterocycles. The Labute approximate surface area is 127 Å². The monoisotopic (exact) mass is 304 g/mol. The molecule has 20 heavy (non-hydrogen) atoms. The van der Waals surface area contributed by atoms with Gasteiger partial charge in [-0.15, -0.1) is 0 Å². The molecule has 0 radical (unpaired) electrons. The molecule has 0 saturated heterocycles. The van der Waals surface area contributed by atoms with Gasteiger partial charge in [0.05, 0.1) is 16.3 Å². The first-order valence-electron chi connectivity index (χ1n) is 5.96. The van der Waals surface area contributed by atoms with Crippen LogP contribution in [-0.4, -0.2) is 10.9 Å². The summed E-state index contributed by atoms with van der Waals surface area (Å²) in [6.45, 7) is 1.89. The van der Waals surface area contributed by atoms with Gasteiger partial charge in [0.2, 0.25) is 0 Å². The molecule has 0 aliphatic heterocycles. The number of nitrogens with two attached hydrogens (primary N) is 1. The lowest BCUT2D eigenvalue weighted by Gasteiger charge is -2.13. The van der Waals surface area contributed by atoms with Crippen molar-refractivity contribution in [1.29, 1.82) is 0 Å². The topological polar surface area (TPSA) is 55.1 Å². The maximum absolute atomic E-state index is 12.2. The highest BCUT2D eigenvalue weighted by molar-refractivity contribution is 7.80. The van der Waals surface area contributed by atoms with E-state index in [1.54, 1.807) is 30.3 Å². The highest BCUT2D eigenvalue weighted by atomic mass is 35.5. The molecule has 0 bridgehead atoms. The lowest BCUT2D eigenvalue weighted by atomic mass is 10.1. The van der Waals surface area contributed by atoms with Crippen molar-refractivity contribution in [2.45, 2.75) is 6.92 Å². The number of rotatable bonds is 3. The van der Waals surface area contributed by atoms with Crippen molar-refractivity contribution in [1.82, 2.24) is 0 Å². The summed E-state index contributed by atoms with van der Waals surface area (Å²) in [7, 11) is 0. The molecule has 0 atom stereocenters. The van der Waals surface area contributed by atoms with Crippen LogP contribution in [-0.2, 0) is 0 Å². The molecule has 0 fully saturated rings. The minimum absolute atomic E-state index is 0.248. The van der Waals surface area contributed by atoms with E-state index >= 15 is 0 Å². The third-order valence-corrected chi connectivity index (χ3v) is 3.42. The molecule has 3 nitrogen and oxygen atoms in total. The second-order valence-electron chi connectivity index (χ2n) is 4.30. The van der Waals surface area contributed by atoms with E-state index in [4.69, 9.17) is 29.6 Å². The van der Waals surface area contributed by atoms with Crippen molar-refractivity contribution in [2.75, 3.05) is 5.32 Å². The van der Waals surface area contributed by atoms with Crippen LogP contribution in [0.15, 0.2) is 42.5 Å². The minimum Gasteiger partial charge on any atom is -0.389 e. The molecule has 3 N–H and O–H groups in total. The van der Waals surface area contributed by atoms with E-state index in [2.05, 4.69) is 5.32 Å². The summed E-state index contributed by atoms with van der Waals surface area (Å²) in [5, 5.41) is 3.20. The summed E-state index contributed by atoms with van der Waals surface area (Å²) in [6, 6.07) is 12.3. The van der Waals surface area contributed by atoms with E-state index in [-0.39, 0.29) is 10.9 Å². The van der Waals surface area contributed by atoms with Gasteiger partial charge >= 0.3 is 0 Å². The Morgan fingerprint density at radius 2 is 1.90 bits per heavy atom. The fourth-order valence-corrected chi connectivity index (χ4v) is 2.43. The summed E-state index contributed by atoms with van der Waals surface area (Å²) in [5.74, 6) is -0.293. The molecule has 0 aromatic heterocycles. The Kier molecular flexibility index (Phi) is 4.37. The molecule has 2 rings (SSSR count). The number of hydrogen-bond donors (Lipinski definition) is 2. The second-order valence-corrected chi connectivity index (χ2v) is 5.14. The summed E-state index contributed by atoms with van der Waals surface area (Å²) in [4.78, 5) is 12.5. The lowest BCUT2D eigenvalue weighted by Crippen LogP contribution is -2.19. The average Bonchev–Trinajstić information content (AvgIpc) is 2.38. The zero-order chi connectivity index (χ0) is 14.7. The average molecular weight is 305 g/mol. The molecule has 0 aliphatic carbocycles. The first kappa shape index (κ1) is 14.5. The van der Waals surface area contributed by atoms with E-state index in [0.29, 0.717) is 21.8 Å². The molecule has 1 amide bonds. The fraction of sp³-hybridized carbons (Fsp3) is 0.0667. The van der Waals surface area contributed by atoms with E-state index in [0.717, 1.165) is 5.56 Å². The first-order chi connectivity index (χ1) is 9.50. The molecule has 0 saturated carbocycles. The van der Waals surface area contributed by atoms with E-state index in [9.17, 15) is 4.79 Å². The summed E-state index contributed by atoms with van der Waals surface area (Å²) < 4.78 is 0. The third kappa shape index (κ3) is 2.98. The molecule has 2 aromatic rings. The molecule has 0 unspecified atom stereocenters. The number of aryl methyl sites for hydroxylation is 1. The Morgan fingerprint density at radius 3 is 2.55 bits per heavy atom. The number of hydrogen-bond acceptors (Lipinski definition) is 2. The normalized spacial score (nSPS) is 10.1. The van der Waals surface area contributed by atoms with Crippen LogP contribution in [0.25, 0.3) is 0 Å². The quantitative estimate of drug-likeness (QED) is 0.853. The predicted octanol–water partition coefficient (Wildman–Crippen LogP) is 3.53. The molecular weight excluding hydrogens is 292 g/mol. The van der Waals surface area contributed by atoms with Crippen LogP contribution in [0.3, 0.4) is 0 Å². The SMILES string of the molecule is Cc1cccc(NC(=O)c2ccccc2Cl)c1C(N)=S. The van der Waals surface area contributed by atoms with Crippen LogP contribution < -0.4 is 11.1 Å². The number of nitrogens with one attached hydrogen (secondary N) is 1. The van der Waals surface area contributed by atoms with Gasteiger partial charge in [-0.1, -0.05) is 48.1 Å². The van der Waals surface area contributed by atoms with Gasteiger partial charge in [0.25, 0.3) is 5.91 Å². The number of carbonyl (C=O) groups is 1. The molecular formula is C15H13ClN2OS. The van der Waals surface area contributed by atoms with Crippen molar-refractivity contribution >= 4 is 40.4 Å². The van der Waals surface area contributed by atoms with Crippen LogP contribution in [0, 0.1) is 6.92 Å². The van der Waals surface area contributed by atoms with E-state index < -0.39 is 0 Å². The maximum Gasteiger partial charge on any atom is 0.257 e. The van der Waals surface area contributed by atoms with Gasteiger partial charge in [-0.05, 0) is 30.7 Å². The Balaban J connectivity index is 2.36. The van der Waals surface area contributed by atoms with Crippen molar-refractivity contribution in [3.63, 3.8) is 0 Å². The number of thiocarbonyl (C=S) groups is 1. The van der Waals surface area contributed by atoms with Crippen LogP contribution in [0.1, 0.15) is 21.5 Å². The zero-order valence-electron chi connectivity index (χ0n) is 10.8. The van der Waals surface area contributed by atoms with Crippen LogP contribution >= 0.6 is 23.8 Å². The number of halogens is 1. The Morgan fingerprint density at radius 1 is 1.20 bits per heavy atom. The summed E-state index contributed by atoms with van der Waals surface area (Å²) in [6.07, 6.45) is 0.